The van der Waals surface area contributed by atoms with Gasteiger partial charge in [-0.2, -0.15) is 0 Å². The maximum atomic E-state index is 8.93. The quantitative estimate of drug-likeness (QED) is 0.0412. The van der Waals surface area contributed by atoms with Crippen LogP contribution in [0.2, 0.25) is 268 Å². The normalized spacial score (nSPS) is 48.3. The first-order valence-electron chi connectivity index (χ1n) is 48.7. The molecule has 125 heavy (non-hydrogen) atoms. The molecule has 0 aromatic carbocycles. The van der Waals surface area contributed by atoms with E-state index in [1.807, 2.05) is 0 Å². The van der Waals surface area contributed by atoms with Crippen molar-refractivity contribution in [1.29, 1.82) is 0 Å². The monoisotopic (exact) mass is 2090 g/mol. The van der Waals surface area contributed by atoms with E-state index >= 15 is 0 Å². The predicted molar refractivity (Wildman–Crippen MR) is 560 cm³/mol. The summed E-state index contributed by atoms with van der Waals surface area (Å²) in [6.07, 6.45) is 12.4. The SMILES string of the molecule is CC=C(C=C(C)[Si](C)(C)OC12C3(O[SiH2]C)C4(O[SiH2]C)C5(O[SiH2]C)C3(O[SiH2]C)C1(O[Si](C)(C)C)C5(O[Si](C)(C)C(C)=CC=C(C)[Si](C)(C)OC13C5(O[SiH2]C)C6(O[SiH2]C)C7(O[SiH2]C)C5(O[SiH2]C)C1(O[Si](C)(C)C)C7(O[Si](C)(C)C)C63O[Si](C)(C)C)C42O[Si](C)(C)C)[Si](C)(C)OC12C3(O[SiH2]C)C4(CC)C5(CC)C3(CC)C1(O[Si](C)(C)C)C5(O[Si](C)(C)C)C42O[Si](C)(C)C. The average Bonchev–Trinajstić information content (AvgIpc) is 0.499. The van der Waals surface area contributed by atoms with Crippen LogP contribution in [0.15, 0.2) is 45.1 Å². The van der Waals surface area contributed by atoms with E-state index < -0.39 is 305 Å². The van der Waals surface area contributed by atoms with Crippen molar-refractivity contribution in [3.63, 3.8) is 0 Å². The van der Waals surface area contributed by atoms with Crippen LogP contribution in [0.5, 0.6) is 0 Å². The van der Waals surface area contributed by atoms with Crippen molar-refractivity contribution in [3.05, 3.63) is 45.1 Å². The summed E-state index contributed by atoms with van der Waals surface area (Å²) in [5.41, 5.74) is -22.3. The highest BCUT2D eigenvalue weighted by Gasteiger charge is 3.48. The van der Waals surface area contributed by atoms with Gasteiger partial charge in [-0.15, -0.1) is 0 Å². The molecule has 18 aliphatic carbocycles. The molecule has 0 aliphatic heterocycles. The Balaban J connectivity index is 0.854. The van der Waals surface area contributed by atoms with Crippen LogP contribution in [0.4, 0.5) is 0 Å². The minimum Gasteiger partial charge on any atom is -0.414 e. The Labute approximate surface area is 789 Å². The number of hydrogen-bond acceptors (Lipinski definition) is 21. The lowest BCUT2D eigenvalue weighted by molar-refractivity contribution is -0.854. The molecule has 714 valence electrons. The Hall–Kier alpha value is 2.67. The Kier molecular flexibility index (Phi) is 22.8. The molecule has 18 saturated carbocycles. The van der Waals surface area contributed by atoms with Gasteiger partial charge in [0.05, 0.1) is 0 Å². The summed E-state index contributed by atoms with van der Waals surface area (Å²) in [7, 11) is -43.6. The molecule has 0 amide bonds. The van der Waals surface area contributed by atoms with Gasteiger partial charge in [-0.1, -0.05) is 120 Å². The van der Waals surface area contributed by atoms with Crippen molar-refractivity contribution in [2.75, 3.05) is 0 Å². The first-order valence-corrected chi connectivity index (χ1v) is 106. The minimum atomic E-state index is -3.28. The van der Waals surface area contributed by atoms with Gasteiger partial charge in [0.25, 0.3) is 0 Å². The van der Waals surface area contributed by atoms with Gasteiger partial charge in [0.15, 0.2) is 244 Å². The van der Waals surface area contributed by atoms with E-state index in [2.05, 4.69) is 341 Å². The Bertz CT molecular complexity index is 4440. The first kappa shape index (κ1) is 102. The molecule has 18 rings (SSSR count). The maximum Gasteiger partial charge on any atom is 0.219 e. The van der Waals surface area contributed by atoms with Crippen LogP contribution in [-0.2, 0) is 92.9 Å². The molecule has 18 fully saturated rings. The zero-order valence-electron chi connectivity index (χ0n) is 87.4. The molecule has 0 aromatic rings. The van der Waals surface area contributed by atoms with Crippen molar-refractivity contribution in [3.8, 4) is 0 Å². The van der Waals surface area contributed by atoms with E-state index in [9.17, 15) is 0 Å². The third-order valence-electron chi connectivity index (χ3n) is 33.8. The van der Waals surface area contributed by atoms with E-state index in [0.29, 0.717) is 0 Å². The molecular formula is C83H172O21Si21. The fourth-order valence-electron chi connectivity index (χ4n) is 34.7. The summed E-state index contributed by atoms with van der Waals surface area (Å²) in [5.74, 6) is 0. The molecule has 0 spiro atoms. The van der Waals surface area contributed by atoms with Crippen molar-refractivity contribution in [2.24, 2.45) is 16.2 Å². The van der Waals surface area contributed by atoms with Crippen LogP contribution >= 0.6 is 0 Å². The second kappa shape index (κ2) is 27.9. The van der Waals surface area contributed by atoms with Gasteiger partial charge in [-0.3, -0.25) is 0 Å². The van der Waals surface area contributed by atoms with E-state index in [1.54, 1.807) is 0 Å². The number of allylic oxidation sites excluding steroid dienone is 8. The van der Waals surface area contributed by atoms with Crippen molar-refractivity contribution in [2.45, 2.75) is 454 Å². The highest BCUT2D eigenvalue weighted by Crippen LogP contribution is 3.25. The third-order valence-corrected chi connectivity index (χ3v) is 58.9. The fraction of sp³-hybridized carbons (Fsp3) is 0.904. The zero-order chi connectivity index (χ0) is 94.5. The maximum absolute atomic E-state index is 8.93. The molecule has 12 unspecified atom stereocenters. The molecule has 0 radical (unpaired) electrons. The molecular weight excluding hydrogens is 1920 g/mol. The van der Waals surface area contributed by atoms with E-state index in [0.717, 1.165) is 29.7 Å². The molecule has 0 bridgehead atoms. The average molecular weight is 2100 g/mol. The van der Waals surface area contributed by atoms with E-state index in [1.165, 1.54) is 10.4 Å². The second-order valence-electron chi connectivity index (χ2n) is 49.4. The molecule has 0 N–H and O–H groups in total. The lowest BCUT2D eigenvalue weighted by Gasteiger charge is -3.28. The standard InChI is InChI=1S/C83H172O21Si21/c1-49-59(125(47,48)104-75-63(84-105-8)61(51-3)60(50-2)62(63,52-4)66(75,95-116(23,24)25)64(60,93-114(17,18)19)65(61,75)94-115(20,21)22)55-58(7)124(45,46)103-83-74(92-113-16)70(88-109-12)73(91-112-15)71(74,89-110-13)80(83,100-121(38,39)40)82(73,79(70,83)99-120(35,36)37)102-123(43,44)57(6)54-53-56(5)122(41,42)101-81-72(90-111-14)68(86-107-10)67(85-106-9)69(72,87-108-11)78(81,98-119(32,33)34)76(67,96-117(26,27)28)77(68,81)97-118(29,30)31/h49,53-55H,50-52,105-113H2,1-48H3. The Morgan fingerprint density at radius 2 is 0.368 bits per heavy atom. The summed E-state index contributed by atoms with van der Waals surface area (Å²) >= 11 is 0. The zero-order valence-corrected chi connectivity index (χ0v) is 112. The summed E-state index contributed by atoms with van der Waals surface area (Å²) in [6, 6.07) is 0. The molecule has 0 saturated heterocycles. The van der Waals surface area contributed by atoms with Gasteiger partial charge in [0, 0.05) is 16.2 Å². The van der Waals surface area contributed by atoms with Gasteiger partial charge in [0.1, 0.15) is 28.0 Å². The second-order valence-corrected chi connectivity index (χ2v) is 108. The van der Waals surface area contributed by atoms with Crippen molar-refractivity contribution >= 4 is 188 Å². The van der Waals surface area contributed by atoms with Gasteiger partial charge in [0.2, 0.25) is 33.3 Å². The summed E-state index contributed by atoms with van der Waals surface area (Å²) in [6.45, 7) is 112. The third kappa shape index (κ3) is 8.59. The summed E-state index contributed by atoms with van der Waals surface area (Å²) < 4.78 is 172. The highest BCUT2D eigenvalue weighted by atomic mass is 28.4. The van der Waals surface area contributed by atoms with Gasteiger partial charge in [-0.05, 0) is 262 Å². The molecule has 18 aliphatic rings. The predicted octanol–water partition coefficient (Wildman–Crippen LogP) is 11.9. The molecule has 21 nitrogen and oxygen atoms in total. The van der Waals surface area contributed by atoms with E-state index in [-0.39, 0.29) is 16.2 Å². The van der Waals surface area contributed by atoms with E-state index in [4.69, 9.17) is 92.9 Å². The molecule has 0 heterocycles. The molecule has 42 heteroatoms. The Morgan fingerprint density at radius 1 is 0.208 bits per heavy atom. The van der Waals surface area contributed by atoms with Crippen LogP contribution in [0.25, 0.3) is 0 Å². The van der Waals surface area contributed by atoms with Crippen LogP contribution in [-0.4, -0.2) is 305 Å². The van der Waals surface area contributed by atoms with Crippen molar-refractivity contribution < 1.29 is 92.9 Å². The lowest BCUT2D eigenvalue weighted by atomic mass is 8.79. The highest BCUT2D eigenvalue weighted by molar-refractivity contribution is 6.83. The fourth-order valence-corrected chi connectivity index (χ4v) is 63.3. The topological polar surface area (TPSA) is 194 Å². The number of hydrogen-bond donors (Lipinski definition) is 0. The van der Waals surface area contributed by atoms with Gasteiger partial charge < -0.3 is 92.9 Å². The van der Waals surface area contributed by atoms with Gasteiger partial charge in [-0.25, -0.2) is 0 Å². The first-order chi connectivity index (χ1) is 56.8. The minimum absolute atomic E-state index is 0.190. The van der Waals surface area contributed by atoms with Crippen LogP contribution in [0.3, 0.4) is 0 Å². The number of rotatable bonds is 51. The smallest absolute Gasteiger partial charge is 0.219 e. The van der Waals surface area contributed by atoms with Crippen LogP contribution < -0.4 is 0 Å². The van der Waals surface area contributed by atoms with Gasteiger partial charge >= 0.3 is 0 Å². The van der Waals surface area contributed by atoms with Crippen molar-refractivity contribution in [1.82, 2.24) is 0 Å². The van der Waals surface area contributed by atoms with Crippen LogP contribution in [0, 0.1) is 16.2 Å². The summed E-state index contributed by atoms with van der Waals surface area (Å²) in [5, 5.41) is 4.69. The molecule has 12 atom stereocenters. The Morgan fingerprint density at radius 3 is 0.552 bits per heavy atom. The molecule has 0 aromatic heterocycles. The van der Waals surface area contributed by atoms with Crippen LogP contribution in [0.1, 0.15) is 67.7 Å². The summed E-state index contributed by atoms with van der Waals surface area (Å²) in [4.78, 5) is 0. The largest absolute Gasteiger partial charge is 0.414 e. The lowest BCUT2D eigenvalue weighted by Crippen LogP contribution is -3.53.